The van der Waals surface area contributed by atoms with Crippen molar-refractivity contribution in [2.24, 2.45) is 11.8 Å². The maximum atomic E-state index is 14.5. The minimum absolute atomic E-state index is 0.0540. The molecule has 7 atom stereocenters. The Labute approximate surface area is 265 Å². The molecule has 4 rings (SSSR count). The molecule has 1 aromatic carbocycles. The number of benzene rings is 1. The quantitative estimate of drug-likeness (QED) is 0.126. The minimum atomic E-state index is -1.26. The highest BCUT2D eigenvalue weighted by molar-refractivity contribution is 9.09. The number of alkyl halides is 1. The Kier molecular flexibility index (Phi) is 11.1. The summed E-state index contributed by atoms with van der Waals surface area (Å²) in [6.07, 6.45) is 4.03. The summed E-state index contributed by atoms with van der Waals surface area (Å²) in [4.78, 5) is 57.0. The number of fused-ring (bicyclic) bond motifs is 1. The number of nitrogens with zero attached hydrogens (tertiary/aromatic N) is 2. The molecule has 234 valence electrons. The fraction of sp³-hybridized carbons (Fsp3) is 0.548. The summed E-state index contributed by atoms with van der Waals surface area (Å²) >= 11 is 9.76. The van der Waals surface area contributed by atoms with Crippen LogP contribution in [0.3, 0.4) is 0 Å². The molecule has 0 saturated carbocycles. The molecule has 2 bridgehead atoms. The van der Waals surface area contributed by atoms with Crippen LogP contribution in [0.2, 0.25) is 5.02 Å². The number of hydrogen-bond acceptors (Lipinski definition) is 7. The molecule has 3 heterocycles. The van der Waals surface area contributed by atoms with E-state index in [1.807, 2.05) is 0 Å². The monoisotopic (exact) mass is 679 g/mol. The van der Waals surface area contributed by atoms with Crippen molar-refractivity contribution >= 4 is 56.9 Å². The van der Waals surface area contributed by atoms with Crippen LogP contribution in [0.15, 0.2) is 49.6 Å². The SMILES string of the molecule is C=CCCC(=O)NC[C@H](C)OC(=O)[C@@H]1[C@H]2O[C@@]3(CC2Br)[C@H](C(=O)N(CC=C)c2ccc(Cl)cc2)N(CCCCO)C(=O)[C@@H]13. The number of amides is 3. The molecule has 3 aliphatic rings. The highest BCUT2D eigenvalue weighted by Crippen LogP contribution is 2.60. The highest BCUT2D eigenvalue weighted by atomic mass is 79.9. The van der Waals surface area contributed by atoms with E-state index in [2.05, 4.69) is 34.4 Å². The zero-order valence-electron chi connectivity index (χ0n) is 24.3. The minimum Gasteiger partial charge on any atom is -0.460 e. The number of nitrogens with one attached hydrogen (secondary N) is 1. The fourth-order valence-corrected chi connectivity index (χ4v) is 7.50. The van der Waals surface area contributed by atoms with E-state index in [-0.39, 0.29) is 55.2 Å². The Morgan fingerprint density at radius 1 is 1.28 bits per heavy atom. The van der Waals surface area contributed by atoms with Crippen molar-refractivity contribution < 1.29 is 33.8 Å². The van der Waals surface area contributed by atoms with E-state index in [0.29, 0.717) is 36.4 Å². The number of rotatable bonds is 15. The number of ether oxygens (including phenoxy) is 2. The summed E-state index contributed by atoms with van der Waals surface area (Å²) in [6.45, 7) is 9.55. The standard InChI is InChI=1S/C31H39BrClN3O7/c1-4-6-9-23(38)34-18-19(3)42-30(41)24-25-28(39)36(15-7-8-16-37)27(31(25)17-22(32)26(24)43-31)29(40)35(14-5-2)21-12-10-20(33)11-13-21/h4-5,10-13,19,22,24-27,37H,1-2,6-9,14-18H2,3H3,(H,34,38)/t19-,22?,24-,25+,26-,27-,31+/m0/s1. The maximum Gasteiger partial charge on any atom is 0.312 e. The van der Waals surface area contributed by atoms with Gasteiger partial charge in [-0.2, -0.15) is 0 Å². The number of anilines is 1. The maximum absolute atomic E-state index is 14.5. The van der Waals surface area contributed by atoms with Crippen molar-refractivity contribution in [3.05, 3.63) is 54.6 Å². The van der Waals surface area contributed by atoms with Crippen molar-refractivity contribution in [3.63, 3.8) is 0 Å². The van der Waals surface area contributed by atoms with Crippen LogP contribution in [0.5, 0.6) is 0 Å². The molecule has 1 aromatic rings. The lowest BCUT2D eigenvalue weighted by molar-refractivity contribution is -0.159. The molecule has 43 heavy (non-hydrogen) atoms. The van der Waals surface area contributed by atoms with Gasteiger partial charge in [0.05, 0.1) is 24.5 Å². The molecule has 2 N–H and O–H groups in total. The van der Waals surface area contributed by atoms with E-state index in [4.69, 9.17) is 21.1 Å². The molecule has 0 aliphatic carbocycles. The van der Waals surface area contributed by atoms with Crippen LogP contribution < -0.4 is 10.2 Å². The molecular weight excluding hydrogens is 642 g/mol. The number of allylic oxidation sites excluding steroid dienone is 1. The molecule has 0 radical (unpaired) electrons. The number of aliphatic hydroxyl groups excluding tert-OH is 1. The summed E-state index contributed by atoms with van der Waals surface area (Å²) in [5.74, 6) is -3.35. The first-order chi connectivity index (χ1) is 20.6. The van der Waals surface area contributed by atoms with Crippen LogP contribution in [0.4, 0.5) is 5.69 Å². The Morgan fingerprint density at radius 3 is 2.65 bits per heavy atom. The molecule has 3 fully saturated rings. The molecular formula is C31H39BrClN3O7. The largest absolute Gasteiger partial charge is 0.460 e. The molecule has 10 nitrogen and oxygen atoms in total. The van der Waals surface area contributed by atoms with Crippen LogP contribution in [0.25, 0.3) is 0 Å². The van der Waals surface area contributed by atoms with Gasteiger partial charge in [0.2, 0.25) is 11.8 Å². The number of unbranched alkanes of at least 4 members (excludes halogenated alkanes) is 1. The Hall–Kier alpha value is -2.73. The van der Waals surface area contributed by atoms with Crippen LogP contribution in [-0.4, -0.2) is 88.6 Å². The molecule has 1 spiro atoms. The average molecular weight is 681 g/mol. The normalized spacial score (nSPS) is 27.9. The van der Waals surface area contributed by atoms with Gasteiger partial charge in [0.15, 0.2) is 0 Å². The third-order valence-corrected chi connectivity index (χ3v) is 9.39. The van der Waals surface area contributed by atoms with Gasteiger partial charge in [-0.15, -0.1) is 13.2 Å². The Bertz CT molecular complexity index is 1230. The molecule has 3 aliphatic heterocycles. The van der Waals surface area contributed by atoms with Gasteiger partial charge in [0, 0.05) is 41.7 Å². The van der Waals surface area contributed by atoms with E-state index in [1.165, 1.54) is 4.90 Å². The summed E-state index contributed by atoms with van der Waals surface area (Å²) < 4.78 is 12.3. The van der Waals surface area contributed by atoms with Crippen molar-refractivity contribution in [3.8, 4) is 0 Å². The Morgan fingerprint density at radius 2 is 2.00 bits per heavy atom. The number of aliphatic hydroxyl groups is 1. The van der Waals surface area contributed by atoms with Crippen LogP contribution in [0, 0.1) is 11.8 Å². The van der Waals surface area contributed by atoms with E-state index in [1.54, 1.807) is 48.2 Å². The second-order valence-corrected chi connectivity index (χ2v) is 12.8. The van der Waals surface area contributed by atoms with Crippen molar-refractivity contribution in [1.82, 2.24) is 10.2 Å². The summed E-state index contributed by atoms with van der Waals surface area (Å²) in [5, 5.41) is 12.7. The second kappa shape index (κ2) is 14.4. The van der Waals surface area contributed by atoms with E-state index in [0.717, 1.165) is 0 Å². The summed E-state index contributed by atoms with van der Waals surface area (Å²) in [7, 11) is 0. The van der Waals surface area contributed by atoms with E-state index >= 15 is 0 Å². The van der Waals surface area contributed by atoms with Gasteiger partial charge in [-0.1, -0.05) is 39.7 Å². The van der Waals surface area contributed by atoms with Gasteiger partial charge < -0.3 is 29.7 Å². The highest BCUT2D eigenvalue weighted by Gasteiger charge is 2.77. The van der Waals surface area contributed by atoms with Gasteiger partial charge in [-0.05, 0) is 56.9 Å². The second-order valence-electron chi connectivity index (χ2n) is 11.2. The summed E-state index contributed by atoms with van der Waals surface area (Å²) in [5.41, 5.74) is -0.677. The van der Waals surface area contributed by atoms with Gasteiger partial charge in [-0.25, -0.2) is 0 Å². The topological polar surface area (TPSA) is 125 Å². The number of halogens is 2. The van der Waals surface area contributed by atoms with Gasteiger partial charge in [0.1, 0.15) is 17.7 Å². The lowest BCUT2D eigenvalue weighted by Crippen LogP contribution is -2.57. The van der Waals surface area contributed by atoms with E-state index in [9.17, 15) is 24.3 Å². The molecule has 3 saturated heterocycles. The number of hydrogen-bond donors (Lipinski definition) is 2. The lowest BCUT2D eigenvalue weighted by Gasteiger charge is -2.37. The third-order valence-electron chi connectivity index (χ3n) is 8.30. The first kappa shape index (κ1) is 33.2. The van der Waals surface area contributed by atoms with Crippen LogP contribution >= 0.6 is 27.5 Å². The van der Waals surface area contributed by atoms with Gasteiger partial charge in [0.25, 0.3) is 5.91 Å². The summed E-state index contributed by atoms with van der Waals surface area (Å²) in [6, 6.07) is 5.81. The smallest absolute Gasteiger partial charge is 0.312 e. The number of esters is 1. The fourth-order valence-electron chi connectivity index (χ4n) is 6.43. The van der Waals surface area contributed by atoms with Crippen molar-refractivity contribution in [2.75, 3.05) is 31.1 Å². The first-order valence-corrected chi connectivity index (χ1v) is 15.9. The van der Waals surface area contributed by atoms with Gasteiger partial charge in [-0.3, -0.25) is 19.2 Å². The zero-order valence-corrected chi connectivity index (χ0v) is 26.6. The predicted molar refractivity (Wildman–Crippen MR) is 166 cm³/mol. The zero-order chi connectivity index (χ0) is 31.3. The average Bonchev–Trinajstić information content (AvgIpc) is 3.57. The van der Waals surface area contributed by atoms with Crippen LogP contribution in [0.1, 0.15) is 39.0 Å². The molecule has 3 amide bonds. The van der Waals surface area contributed by atoms with E-state index < -0.39 is 41.7 Å². The molecule has 1 unspecified atom stereocenters. The number of carbonyl (C=O) groups is 4. The molecule has 12 heteroatoms. The van der Waals surface area contributed by atoms with Crippen LogP contribution in [-0.2, 0) is 28.7 Å². The number of likely N-dealkylation sites (tertiary alicyclic amines) is 1. The Balaban J connectivity index is 1.63. The number of carbonyl (C=O) groups excluding carboxylic acids is 4. The predicted octanol–water partition coefficient (Wildman–Crippen LogP) is 3.39. The lowest BCUT2D eigenvalue weighted by atomic mass is 9.70. The first-order valence-electron chi connectivity index (χ1n) is 14.6. The molecule has 0 aromatic heterocycles. The third kappa shape index (κ3) is 6.69. The van der Waals surface area contributed by atoms with Gasteiger partial charge >= 0.3 is 5.97 Å². The van der Waals surface area contributed by atoms with Crippen molar-refractivity contribution in [1.29, 1.82) is 0 Å². The van der Waals surface area contributed by atoms with Crippen molar-refractivity contribution in [2.45, 2.75) is 67.7 Å².